The van der Waals surface area contributed by atoms with Crippen LogP contribution >= 0.6 is 0 Å². The van der Waals surface area contributed by atoms with E-state index in [0.717, 1.165) is 0 Å². The predicted octanol–water partition coefficient (Wildman–Crippen LogP) is 2.38. The Morgan fingerprint density at radius 2 is 2.10 bits per heavy atom. The normalized spacial score (nSPS) is 11.2. The molecule has 0 bridgehead atoms. The van der Waals surface area contributed by atoms with Crippen LogP contribution in [-0.2, 0) is 4.79 Å². The van der Waals surface area contributed by atoms with Crippen molar-refractivity contribution in [3.05, 3.63) is 36.0 Å². The van der Waals surface area contributed by atoms with Gasteiger partial charge in [-0.1, -0.05) is 11.8 Å². The molecular weight excluding hydrogens is 404 g/mol. The molecule has 166 valence electrons. The third kappa shape index (κ3) is 8.52. The second kappa shape index (κ2) is 13.1. The molecule has 2 heterocycles. The van der Waals surface area contributed by atoms with Gasteiger partial charge in [0.2, 0.25) is 17.8 Å². The third-order valence-electron chi connectivity index (χ3n) is 4.20. The maximum absolute atomic E-state index is 13.3. The van der Waals surface area contributed by atoms with E-state index in [4.69, 9.17) is 0 Å². The van der Waals surface area contributed by atoms with E-state index >= 15 is 0 Å². The average Bonchev–Trinajstić information content (AvgIpc) is 2.76. The van der Waals surface area contributed by atoms with Crippen LogP contribution in [0.15, 0.2) is 24.5 Å². The molecule has 31 heavy (non-hydrogen) atoms. The van der Waals surface area contributed by atoms with Gasteiger partial charge >= 0.3 is 0 Å². The number of rotatable bonds is 11. The Morgan fingerprint density at radius 1 is 1.26 bits per heavy atom. The zero-order valence-electron chi connectivity index (χ0n) is 17.6. The fraction of sp³-hybridized carbons (Fsp3) is 0.429. The number of pyridine rings is 1. The standard InChI is InChI=1S/C21H27F2N7O/c1-15(24-2)20(31)27-10-5-3-4-7-16-14-28-21(30-19(16)26-11-6-9-22)29-17-8-12-25-18(23)13-17/h8,12-15,24H,3,5-6,9-11H2,1-2H3,(H,27,31)(H2,25,26,28,29,30)/t15-/m0/s1. The summed E-state index contributed by atoms with van der Waals surface area (Å²) in [5.41, 5.74) is 1.02. The number of hydrogen-bond donors (Lipinski definition) is 4. The van der Waals surface area contributed by atoms with Crippen molar-refractivity contribution in [1.82, 2.24) is 25.6 Å². The lowest BCUT2D eigenvalue weighted by atomic mass is 10.2. The molecule has 0 fully saturated rings. The molecule has 0 aliphatic rings. The number of amides is 1. The van der Waals surface area contributed by atoms with E-state index in [9.17, 15) is 13.6 Å². The number of alkyl halides is 1. The number of halogens is 2. The molecule has 2 rings (SSSR count). The maximum Gasteiger partial charge on any atom is 0.236 e. The zero-order chi connectivity index (χ0) is 22.5. The molecule has 1 atom stereocenters. The highest BCUT2D eigenvalue weighted by Crippen LogP contribution is 2.17. The van der Waals surface area contributed by atoms with Crippen molar-refractivity contribution in [1.29, 1.82) is 0 Å². The van der Waals surface area contributed by atoms with Gasteiger partial charge in [0.05, 0.1) is 24.5 Å². The van der Waals surface area contributed by atoms with Gasteiger partial charge in [-0.2, -0.15) is 9.37 Å². The first kappa shape index (κ1) is 24.0. The van der Waals surface area contributed by atoms with Crippen LogP contribution in [0.1, 0.15) is 31.7 Å². The van der Waals surface area contributed by atoms with Crippen molar-refractivity contribution in [2.24, 2.45) is 0 Å². The van der Waals surface area contributed by atoms with Gasteiger partial charge in [-0.15, -0.1) is 0 Å². The Labute approximate surface area is 180 Å². The van der Waals surface area contributed by atoms with Gasteiger partial charge < -0.3 is 21.3 Å². The van der Waals surface area contributed by atoms with Crippen LogP contribution in [-0.4, -0.2) is 53.7 Å². The van der Waals surface area contributed by atoms with E-state index in [-0.39, 0.29) is 17.9 Å². The maximum atomic E-state index is 13.3. The first-order chi connectivity index (χ1) is 15.0. The largest absolute Gasteiger partial charge is 0.369 e. The molecule has 0 aliphatic carbocycles. The van der Waals surface area contributed by atoms with Crippen molar-refractivity contribution in [2.75, 3.05) is 37.4 Å². The summed E-state index contributed by atoms with van der Waals surface area (Å²) in [6.45, 7) is 2.26. The van der Waals surface area contributed by atoms with Gasteiger partial charge in [0, 0.05) is 37.5 Å². The average molecular weight is 431 g/mol. The molecule has 1 amide bonds. The lowest BCUT2D eigenvalue weighted by Gasteiger charge is -2.10. The van der Waals surface area contributed by atoms with E-state index in [1.54, 1.807) is 26.2 Å². The Kier molecular flexibility index (Phi) is 10.1. The minimum Gasteiger partial charge on any atom is -0.369 e. The first-order valence-corrected chi connectivity index (χ1v) is 10.0. The predicted molar refractivity (Wildman–Crippen MR) is 116 cm³/mol. The Balaban J connectivity index is 1.99. The SMILES string of the molecule is CN[C@@H](C)C(=O)NCCCC#Cc1cnc(Nc2ccnc(F)c2)nc1NCCCF. The second-order valence-electron chi connectivity index (χ2n) is 6.62. The van der Waals surface area contributed by atoms with Crippen molar-refractivity contribution < 1.29 is 13.6 Å². The lowest BCUT2D eigenvalue weighted by molar-refractivity contribution is -0.122. The topological polar surface area (TPSA) is 104 Å². The Morgan fingerprint density at radius 3 is 2.84 bits per heavy atom. The summed E-state index contributed by atoms with van der Waals surface area (Å²) in [6.07, 6.45) is 4.50. The van der Waals surface area contributed by atoms with Crippen LogP contribution in [0.25, 0.3) is 0 Å². The van der Waals surface area contributed by atoms with Crippen LogP contribution < -0.4 is 21.3 Å². The Hall–Kier alpha value is -3.32. The molecule has 0 spiro atoms. The highest BCUT2D eigenvalue weighted by atomic mass is 19.1. The van der Waals surface area contributed by atoms with Gasteiger partial charge in [0.25, 0.3) is 0 Å². The molecule has 2 aromatic rings. The van der Waals surface area contributed by atoms with E-state index < -0.39 is 12.6 Å². The van der Waals surface area contributed by atoms with Crippen molar-refractivity contribution in [2.45, 2.75) is 32.2 Å². The number of hydrogen-bond acceptors (Lipinski definition) is 7. The van der Waals surface area contributed by atoms with Crippen LogP contribution in [0, 0.1) is 17.8 Å². The third-order valence-corrected chi connectivity index (χ3v) is 4.20. The quantitative estimate of drug-likeness (QED) is 0.246. The van der Waals surface area contributed by atoms with E-state index in [2.05, 4.69) is 48.1 Å². The van der Waals surface area contributed by atoms with E-state index in [1.807, 2.05) is 0 Å². The number of anilines is 3. The van der Waals surface area contributed by atoms with Crippen LogP contribution in [0.5, 0.6) is 0 Å². The van der Waals surface area contributed by atoms with Crippen molar-refractivity contribution in [3.63, 3.8) is 0 Å². The van der Waals surface area contributed by atoms with Gasteiger partial charge in [0.1, 0.15) is 5.82 Å². The van der Waals surface area contributed by atoms with Crippen LogP contribution in [0.3, 0.4) is 0 Å². The molecule has 4 N–H and O–H groups in total. The first-order valence-electron chi connectivity index (χ1n) is 10.0. The van der Waals surface area contributed by atoms with Gasteiger partial charge in [-0.3, -0.25) is 9.18 Å². The van der Waals surface area contributed by atoms with Crippen LogP contribution in [0.4, 0.5) is 26.2 Å². The van der Waals surface area contributed by atoms with E-state index in [1.165, 1.54) is 12.3 Å². The smallest absolute Gasteiger partial charge is 0.236 e. The number of likely N-dealkylation sites (N-methyl/N-ethyl adjacent to an activating group) is 1. The molecular formula is C21H27F2N7O. The molecule has 0 radical (unpaired) electrons. The number of carbonyl (C=O) groups is 1. The monoisotopic (exact) mass is 431 g/mol. The Bertz CT molecular complexity index is 914. The summed E-state index contributed by atoms with van der Waals surface area (Å²) >= 11 is 0. The molecule has 0 saturated carbocycles. The fourth-order valence-electron chi connectivity index (χ4n) is 2.38. The highest BCUT2D eigenvalue weighted by molar-refractivity contribution is 5.81. The minimum absolute atomic E-state index is 0.0552. The highest BCUT2D eigenvalue weighted by Gasteiger charge is 2.08. The summed E-state index contributed by atoms with van der Waals surface area (Å²) in [5.74, 6) is 6.08. The number of nitrogens with one attached hydrogen (secondary N) is 4. The fourth-order valence-corrected chi connectivity index (χ4v) is 2.38. The molecule has 0 aliphatic heterocycles. The van der Waals surface area contributed by atoms with E-state index in [0.29, 0.717) is 49.4 Å². The van der Waals surface area contributed by atoms with Gasteiger partial charge in [0.15, 0.2) is 0 Å². The van der Waals surface area contributed by atoms with Gasteiger partial charge in [-0.25, -0.2) is 9.97 Å². The molecule has 0 aromatic carbocycles. The van der Waals surface area contributed by atoms with Crippen LogP contribution in [0.2, 0.25) is 0 Å². The van der Waals surface area contributed by atoms with Gasteiger partial charge in [-0.05, 0) is 32.9 Å². The number of unbranched alkanes of at least 4 members (excludes halogenated alkanes) is 1. The zero-order valence-corrected chi connectivity index (χ0v) is 17.6. The molecule has 10 heteroatoms. The molecule has 0 unspecified atom stereocenters. The van der Waals surface area contributed by atoms with Crippen molar-refractivity contribution >= 4 is 23.4 Å². The number of carbonyl (C=O) groups excluding carboxylic acids is 1. The molecule has 2 aromatic heterocycles. The summed E-state index contributed by atoms with van der Waals surface area (Å²) in [5, 5.41) is 11.7. The summed E-state index contributed by atoms with van der Waals surface area (Å²) in [4.78, 5) is 23.8. The van der Waals surface area contributed by atoms with Crippen molar-refractivity contribution in [3.8, 4) is 11.8 Å². The lowest BCUT2D eigenvalue weighted by Crippen LogP contribution is -2.40. The molecule has 0 saturated heterocycles. The minimum atomic E-state index is -0.620. The number of nitrogens with zero attached hydrogens (tertiary/aromatic N) is 3. The summed E-state index contributed by atoms with van der Waals surface area (Å²) in [6, 6.07) is 2.58. The number of aromatic nitrogens is 3. The summed E-state index contributed by atoms with van der Waals surface area (Å²) < 4.78 is 25.7. The second-order valence-corrected chi connectivity index (χ2v) is 6.62. The molecule has 8 nitrogen and oxygen atoms in total. The summed E-state index contributed by atoms with van der Waals surface area (Å²) in [7, 11) is 1.73.